The average molecular weight is 279 g/mol. The van der Waals surface area contributed by atoms with Crippen molar-refractivity contribution >= 4 is 0 Å². The summed E-state index contributed by atoms with van der Waals surface area (Å²) in [5, 5.41) is 3.61. The Bertz CT molecular complexity index is 400. The second-order valence-electron chi connectivity index (χ2n) is 5.27. The molecule has 1 fully saturated rings. The third kappa shape index (κ3) is 3.87. The van der Waals surface area contributed by atoms with Crippen LogP contribution in [0.2, 0.25) is 0 Å². The van der Waals surface area contributed by atoms with E-state index in [2.05, 4.69) is 5.32 Å². The molecule has 0 saturated heterocycles. The van der Waals surface area contributed by atoms with Gasteiger partial charge in [0.05, 0.1) is 20.3 Å². The van der Waals surface area contributed by atoms with E-state index in [1.807, 2.05) is 18.2 Å². The lowest BCUT2D eigenvalue weighted by Gasteiger charge is -2.31. The van der Waals surface area contributed by atoms with Crippen LogP contribution in [0.3, 0.4) is 0 Å². The Morgan fingerprint density at radius 2 is 1.65 bits per heavy atom. The minimum atomic E-state index is 0.330. The van der Waals surface area contributed by atoms with Crippen LogP contribution in [0, 0.1) is 0 Å². The van der Waals surface area contributed by atoms with E-state index in [1.165, 1.54) is 24.8 Å². The maximum atomic E-state index is 5.57. The maximum Gasteiger partial charge on any atom is 0.122 e. The first-order valence-electron chi connectivity index (χ1n) is 7.25. The summed E-state index contributed by atoms with van der Waals surface area (Å²) in [5.74, 6) is 1.65. The van der Waals surface area contributed by atoms with Gasteiger partial charge in [-0.05, 0) is 30.5 Å². The van der Waals surface area contributed by atoms with Crippen LogP contribution in [0.15, 0.2) is 18.2 Å². The second-order valence-corrected chi connectivity index (χ2v) is 5.27. The molecule has 0 aromatic heterocycles. The first kappa shape index (κ1) is 15.1. The summed E-state index contributed by atoms with van der Waals surface area (Å²) in [6, 6.07) is 6.41. The molecular formula is C16H25NO3. The molecule has 4 heteroatoms. The van der Waals surface area contributed by atoms with Crippen LogP contribution in [0.1, 0.15) is 31.2 Å². The Morgan fingerprint density at radius 3 is 2.25 bits per heavy atom. The van der Waals surface area contributed by atoms with Gasteiger partial charge in [0.15, 0.2) is 0 Å². The Morgan fingerprint density at radius 1 is 1.00 bits per heavy atom. The van der Waals surface area contributed by atoms with Crippen molar-refractivity contribution in [2.75, 3.05) is 21.3 Å². The van der Waals surface area contributed by atoms with Gasteiger partial charge in [-0.3, -0.25) is 0 Å². The molecule has 1 aliphatic rings. The molecule has 0 unspecified atom stereocenters. The maximum absolute atomic E-state index is 5.57. The van der Waals surface area contributed by atoms with Crippen LogP contribution in [0.4, 0.5) is 0 Å². The molecule has 1 saturated carbocycles. The SMILES string of the molecule is COc1cc(CN[C@H]2CCCC[C@H]2OC)cc(OC)c1. The molecule has 0 bridgehead atoms. The lowest BCUT2D eigenvalue weighted by molar-refractivity contribution is 0.0413. The van der Waals surface area contributed by atoms with Crippen LogP contribution >= 0.6 is 0 Å². The van der Waals surface area contributed by atoms with Gasteiger partial charge in [-0.25, -0.2) is 0 Å². The van der Waals surface area contributed by atoms with Gasteiger partial charge < -0.3 is 19.5 Å². The van der Waals surface area contributed by atoms with Crippen LogP contribution in [-0.2, 0) is 11.3 Å². The minimum Gasteiger partial charge on any atom is -0.497 e. The standard InChI is InChI=1S/C16H25NO3/c1-18-13-8-12(9-14(10-13)19-2)11-17-15-6-4-5-7-16(15)20-3/h8-10,15-17H,4-7,11H2,1-3H3/t15-,16+/m0/s1. The van der Waals surface area contributed by atoms with Crippen molar-refractivity contribution in [2.45, 2.75) is 44.4 Å². The molecule has 0 radical (unpaired) electrons. The molecule has 0 spiro atoms. The second kappa shape index (κ2) is 7.50. The van der Waals surface area contributed by atoms with Crippen molar-refractivity contribution in [3.05, 3.63) is 23.8 Å². The molecular weight excluding hydrogens is 254 g/mol. The first-order valence-corrected chi connectivity index (χ1v) is 7.25. The van der Waals surface area contributed by atoms with Crippen molar-refractivity contribution < 1.29 is 14.2 Å². The smallest absolute Gasteiger partial charge is 0.122 e. The normalized spacial score (nSPS) is 22.6. The molecule has 1 N–H and O–H groups in total. The van der Waals surface area contributed by atoms with E-state index in [-0.39, 0.29) is 0 Å². The van der Waals surface area contributed by atoms with Gasteiger partial charge in [-0.1, -0.05) is 12.8 Å². The minimum absolute atomic E-state index is 0.330. The summed E-state index contributed by atoms with van der Waals surface area (Å²) in [7, 11) is 5.15. The summed E-state index contributed by atoms with van der Waals surface area (Å²) < 4.78 is 16.2. The van der Waals surface area contributed by atoms with Gasteiger partial charge in [0.25, 0.3) is 0 Å². The molecule has 2 rings (SSSR count). The van der Waals surface area contributed by atoms with Gasteiger partial charge >= 0.3 is 0 Å². The molecule has 0 heterocycles. The van der Waals surface area contributed by atoms with Crippen LogP contribution in [-0.4, -0.2) is 33.5 Å². The lowest BCUT2D eigenvalue weighted by atomic mass is 9.92. The van der Waals surface area contributed by atoms with Gasteiger partial charge in [-0.15, -0.1) is 0 Å². The molecule has 0 aliphatic heterocycles. The fraction of sp³-hybridized carbons (Fsp3) is 0.625. The highest BCUT2D eigenvalue weighted by molar-refractivity contribution is 5.38. The number of rotatable bonds is 6. The van der Waals surface area contributed by atoms with E-state index < -0.39 is 0 Å². The Balaban J connectivity index is 1.98. The van der Waals surface area contributed by atoms with Crippen molar-refractivity contribution in [2.24, 2.45) is 0 Å². The van der Waals surface area contributed by atoms with Crippen molar-refractivity contribution in [1.82, 2.24) is 5.32 Å². The predicted octanol–water partition coefficient (Wildman–Crippen LogP) is 2.75. The highest BCUT2D eigenvalue weighted by Crippen LogP contribution is 2.24. The summed E-state index contributed by atoms with van der Waals surface area (Å²) in [5.41, 5.74) is 1.17. The van der Waals surface area contributed by atoms with Crippen molar-refractivity contribution in [1.29, 1.82) is 0 Å². The molecule has 0 amide bonds. The van der Waals surface area contributed by atoms with Crippen LogP contribution in [0.5, 0.6) is 11.5 Å². The van der Waals surface area contributed by atoms with E-state index in [0.717, 1.165) is 24.5 Å². The van der Waals surface area contributed by atoms with Gasteiger partial charge in [0.1, 0.15) is 11.5 Å². The van der Waals surface area contributed by atoms with E-state index >= 15 is 0 Å². The average Bonchev–Trinajstić information content (AvgIpc) is 2.52. The number of ether oxygens (including phenoxy) is 3. The Kier molecular flexibility index (Phi) is 5.68. The van der Waals surface area contributed by atoms with Crippen molar-refractivity contribution in [3.8, 4) is 11.5 Å². The van der Waals surface area contributed by atoms with Crippen LogP contribution < -0.4 is 14.8 Å². The third-order valence-corrected chi connectivity index (χ3v) is 3.98. The fourth-order valence-corrected chi connectivity index (χ4v) is 2.83. The summed E-state index contributed by atoms with van der Waals surface area (Å²) in [6.07, 6.45) is 5.20. The zero-order chi connectivity index (χ0) is 14.4. The number of nitrogens with one attached hydrogen (secondary N) is 1. The topological polar surface area (TPSA) is 39.7 Å². The van der Waals surface area contributed by atoms with Gasteiger partial charge in [0, 0.05) is 25.8 Å². The number of hydrogen-bond donors (Lipinski definition) is 1. The monoisotopic (exact) mass is 279 g/mol. The highest BCUT2D eigenvalue weighted by Gasteiger charge is 2.24. The highest BCUT2D eigenvalue weighted by atomic mass is 16.5. The lowest BCUT2D eigenvalue weighted by Crippen LogP contribution is -2.42. The van der Waals surface area contributed by atoms with Crippen molar-refractivity contribution in [3.63, 3.8) is 0 Å². The van der Waals surface area contributed by atoms with E-state index in [0.29, 0.717) is 12.1 Å². The zero-order valence-corrected chi connectivity index (χ0v) is 12.6. The van der Waals surface area contributed by atoms with E-state index in [4.69, 9.17) is 14.2 Å². The first-order chi connectivity index (χ1) is 9.76. The predicted molar refractivity (Wildman–Crippen MR) is 79.4 cm³/mol. The number of methoxy groups -OCH3 is 3. The fourth-order valence-electron chi connectivity index (χ4n) is 2.83. The molecule has 4 nitrogen and oxygen atoms in total. The summed E-state index contributed by atoms with van der Waals surface area (Å²) in [6.45, 7) is 0.804. The number of benzene rings is 1. The molecule has 1 aromatic rings. The molecule has 112 valence electrons. The largest absolute Gasteiger partial charge is 0.497 e. The Labute approximate surface area is 121 Å². The molecule has 2 atom stereocenters. The molecule has 1 aromatic carbocycles. The summed E-state index contributed by atoms with van der Waals surface area (Å²) in [4.78, 5) is 0. The third-order valence-electron chi connectivity index (χ3n) is 3.98. The molecule has 1 aliphatic carbocycles. The van der Waals surface area contributed by atoms with Crippen LogP contribution in [0.25, 0.3) is 0 Å². The quantitative estimate of drug-likeness (QED) is 0.869. The Hall–Kier alpha value is -1.26. The zero-order valence-electron chi connectivity index (χ0n) is 12.6. The van der Waals surface area contributed by atoms with E-state index in [9.17, 15) is 0 Å². The summed E-state index contributed by atoms with van der Waals surface area (Å²) >= 11 is 0. The van der Waals surface area contributed by atoms with Gasteiger partial charge in [-0.2, -0.15) is 0 Å². The van der Waals surface area contributed by atoms with E-state index in [1.54, 1.807) is 21.3 Å². The van der Waals surface area contributed by atoms with Gasteiger partial charge in [0.2, 0.25) is 0 Å². The number of hydrogen-bond acceptors (Lipinski definition) is 4. The molecule has 20 heavy (non-hydrogen) atoms.